The largest absolute Gasteiger partial charge is 0.481 e. The van der Waals surface area contributed by atoms with Crippen LogP contribution in [0, 0.1) is 46.8 Å². The Bertz CT molecular complexity index is 815. The standard InChI is InChI=1S/C28H43NO6/c1-17-12-18(2)14-20(4)27(32)21(16-29)8-5-6-11-25(22-9-7-10-23(22)28(33)34)35-26(31)15-24(30)19(3)13-17/h5-6,8,17-20,22-25,27,30,32H,7,9-15H2,1-4H3,(H,33,34)/b6-5+,21-8?. The number of allylic oxidation sites excluding steroid dienone is 2. The van der Waals surface area contributed by atoms with Crippen molar-refractivity contribution in [1.29, 1.82) is 5.26 Å². The Hall–Kier alpha value is -2.17. The van der Waals surface area contributed by atoms with Crippen molar-refractivity contribution in [1.82, 2.24) is 0 Å². The lowest BCUT2D eigenvalue weighted by Gasteiger charge is -2.28. The number of carboxylic acid groups (broad SMARTS) is 1. The molecule has 0 amide bonds. The fraction of sp³-hybridized carbons (Fsp3) is 0.750. The first kappa shape index (κ1) is 29.1. The highest BCUT2D eigenvalue weighted by Crippen LogP contribution is 2.37. The second-order valence-corrected chi connectivity index (χ2v) is 11.1. The highest BCUT2D eigenvalue weighted by Gasteiger charge is 2.39. The number of hydrogen-bond acceptors (Lipinski definition) is 6. The zero-order valence-corrected chi connectivity index (χ0v) is 21.6. The third-order valence-electron chi connectivity index (χ3n) is 7.80. The second kappa shape index (κ2) is 13.8. The summed E-state index contributed by atoms with van der Waals surface area (Å²) >= 11 is 0. The summed E-state index contributed by atoms with van der Waals surface area (Å²) in [5, 5.41) is 40.6. The van der Waals surface area contributed by atoms with E-state index in [1.807, 2.05) is 13.8 Å². The predicted octanol–water partition coefficient (Wildman–Crippen LogP) is 4.64. The van der Waals surface area contributed by atoms with Crippen molar-refractivity contribution in [3.63, 3.8) is 0 Å². The van der Waals surface area contributed by atoms with Crippen LogP contribution in [-0.2, 0) is 14.3 Å². The van der Waals surface area contributed by atoms with Gasteiger partial charge in [0.15, 0.2) is 0 Å². The summed E-state index contributed by atoms with van der Waals surface area (Å²) in [5.74, 6) is -1.77. The van der Waals surface area contributed by atoms with E-state index in [4.69, 9.17) is 4.74 Å². The number of esters is 1. The molecule has 0 aromatic rings. The van der Waals surface area contributed by atoms with E-state index in [1.165, 1.54) is 0 Å². The highest BCUT2D eigenvalue weighted by molar-refractivity contribution is 5.72. The van der Waals surface area contributed by atoms with Gasteiger partial charge in [0, 0.05) is 12.3 Å². The normalized spacial score (nSPS) is 39.4. The molecule has 0 bridgehead atoms. The van der Waals surface area contributed by atoms with E-state index < -0.39 is 36.2 Å². The van der Waals surface area contributed by atoms with Crippen molar-refractivity contribution in [3.8, 4) is 6.07 Å². The number of aliphatic carboxylic acids is 1. The third kappa shape index (κ3) is 8.77. The number of hydrogen-bond donors (Lipinski definition) is 3. The number of rotatable bonds is 2. The smallest absolute Gasteiger partial charge is 0.308 e. The summed E-state index contributed by atoms with van der Waals surface area (Å²) in [5.41, 5.74) is 0.282. The maximum atomic E-state index is 12.7. The van der Waals surface area contributed by atoms with Crippen molar-refractivity contribution in [3.05, 3.63) is 23.8 Å². The minimum atomic E-state index is -0.882. The number of cyclic esters (lactones) is 1. The second-order valence-electron chi connectivity index (χ2n) is 11.1. The summed E-state index contributed by atoms with van der Waals surface area (Å²) in [7, 11) is 0. The minimum Gasteiger partial charge on any atom is -0.481 e. The first-order chi connectivity index (χ1) is 16.5. The Kier molecular flexibility index (Phi) is 11.5. The average Bonchev–Trinajstić information content (AvgIpc) is 3.27. The van der Waals surface area contributed by atoms with Gasteiger partial charge in [0.1, 0.15) is 6.10 Å². The first-order valence-electron chi connectivity index (χ1n) is 13.1. The topological polar surface area (TPSA) is 128 Å². The van der Waals surface area contributed by atoms with E-state index >= 15 is 0 Å². The van der Waals surface area contributed by atoms with E-state index in [9.17, 15) is 30.2 Å². The molecule has 7 heteroatoms. The molecule has 196 valence electrons. The fourth-order valence-electron chi connectivity index (χ4n) is 5.97. The molecular weight excluding hydrogens is 446 g/mol. The van der Waals surface area contributed by atoms with Gasteiger partial charge in [-0.2, -0.15) is 5.26 Å². The maximum absolute atomic E-state index is 12.7. The molecule has 2 aliphatic rings. The molecule has 1 saturated carbocycles. The Morgan fingerprint density at radius 2 is 1.71 bits per heavy atom. The van der Waals surface area contributed by atoms with Crippen LogP contribution in [0.25, 0.3) is 0 Å². The average molecular weight is 490 g/mol. The molecule has 9 atom stereocenters. The van der Waals surface area contributed by atoms with Crippen molar-refractivity contribution in [2.45, 2.75) is 97.4 Å². The van der Waals surface area contributed by atoms with Crippen LogP contribution >= 0.6 is 0 Å². The van der Waals surface area contributed by atoms with Gasteiger partial charge in [-0.1, -0.05) is 46.3 Å². The number of aliphatic hydroxyl groups is 2. The summed E-state index contributed by atoms with van der Waals surface area (Å²) in [6, 6.07) is 2.10. The molecular formula is C28H43NO6. The van der Waals surface area contributed by atoms with Gasteiger partial charge in [0.05, 0.1) is 36.2 Å². The number of carbonyl (C=O) groups is 2. The molecule has 0 spiro atoms. The summed E-state index contributed by atoms with van der Waals surface area (Å²) in [6.07, 6.45) is 7.33. The maximum Gasteiger partial charge on any atom is 0.308 e. The van der Waals surface area contributed by atoms with Crippen LogP contribution in [0.3, 0.4) is 0 Å². The highest BCUT2D eigenvalue weighted by atomic mass is 16.5. The molecule has 35 heavy (non-hydrogen) atoms. The van der Waals surface area contributed by atoms with Gasteiger partial charge in [-0.15, -0.1) is 0 Å². The van der Waals surface area contributed by atoms with Gasteiger partial charge in [-0.3, -0.25) is 9.59 Å². The van der Waals surface area contributed by atoms with Gasteiger partial charge >= 0.3 is 11.9 Å². The molecule has 0 radical (unpaired) electrons. The zero-order chi connectivity index (χ0) is 26.1. The van der Waals surface area contributed by atoms with E-state index in [1.54, 1.807) is 18.2 Å². The minimum absolute atomic E-state index is 0.0816. The van der Waals surface area contributed by atoms with Gasteiger partial charge in [0.2, 0.25) is 0 Å². The lowest BCUT2D eigenvalue weighted by molar-refractivity contribution is -0.159. The van der Waals surface area contributed by atoms with E-state index in [0.717, 1.165) is 25.7 Å². The number of nitriles is 1. The van der Waals surface area contributed by atoms with Crippen molar-refractivity contribution >= 4 is 11.9 Å². The van der Waals surface area contributed by atoms with Gasteiger partial charge in [-0.25, -0.2) is 0 Å². The quantitative estimate of drug-likeness (QED) is 0.482. The molecule has 0 aromatic carbocycles. The number of carbonyl (C=O) groups excluding carboxylic acids is 1. The molecule has 0 aromatic heterocycles. The van der Waals surface area contributed by atoms with E-state index in [2.05, 4.69) is 19.9 Å². The van der Waals surface area contributed by atoms with Crippen molar-refractivity contribution in [2.75, 3.05) is 0 Å². The Labute approximate surface area is 209 Å². The molecule has 3 N–H and O–H groups in total. The fourth-order valence-corrected chi connectivity index (χ4v) is 5.97. The third-order valence-corrected chi connectivity index (χ3v) is 7.80. The van der Waals surface area contributed by atoms with Crippen LogP contribution < -0.4 is 0 Å². The lowest BCUT2D eigenvalue weighted by Crippen LogP contribution is -2.34. The number of ether oxygens (including phenoxy) is 1. The SMILES string of the molecule is CC1CC(C)CC(C)C(O)C(C#N)=C/C=C/CC(C2CCCC2C(=O)O)OC(=O)CC(O)C(C)C1. The summed E-state index contributed by atoms with van der Waals surface area (Å²) in [4.78, 5) is 24.5. The molecule has 1 heterocycles. The zero-order valence-electron chi connectivity index (χ0n) is 21.6. The number of aliphatic hydroxyl groups excluding tert-OH is 2. The van der Waals surface area contributed by atoms with Crippen molar-refractivity contribution < 1.29 is 29.6 Å². The monoisotopic (exact) mass is 489 g/mol. The first-order valence-corrected chi connectivity index (χ1v) is 13.1. The van der Waals surface area contributed by atoms with Gasteiger partial charge in [0.25, 0.3) is 0 Å². The molecule has 1 aliphatic heterocycles. The molecule has 7 nitrogen and oxygen atoms in total. The van der Waals surface area contributed by atoms with Crippen LogP contribution in [0.15, 0.2) is 23.8 Å². The van der Waals surface area contributed by atoms with Crippen LogP contribution in [-0.4, -0.2) is 45.6 Å². The van der Waals surface area contributed by atoms with Gasteiger partial charge < -0.3 is 20.1 Å². The molecule has 1 fully saturated rings. The summed E-state index contributed by atoms with van der Waals surface area (Å²) in [6.45, 7) is 8.16. The van der Waals surface area contributed by atoms with E-state index in [0.29, 0.717) is 31.1 Å². The van der Waals surface area contributed by atoms with Crippen LogP contribution in [0.5, 0.6) is 0 Å². The molecule has 1 aliphatic carbocycles. The molecule has 0 saturated heterocycles. The summed E-state index contributed by atoms with van der Waals surface area (Å²) < 4.78 is 5.77. The number of carboxylic acids is 1. The Morgan fingerprint density at radius 1 is 1.06 bits per heavy atom. The Morgan fingerprint density at radius 3 is 2.34 bits per heavy atom. The molecule has 9 unspecified atom stereocenters. The van der Waals surface area contributed by atoms with Crippen LogP contribution in [0.1, 0.15) is 79.1 Å². The van der Waals surface area contributed by atoms with Crippen LogP contribution in [0.2, 0.25) is 0 Å². The van der Waals surface area contributed by atoms with Crippen LogP contribution in [0.4, 0.5) is 0 Å². The Balaban J connectivity index is 2.30. The van der Waals surface area contributed by atoms with Crippen molar-refractivity contribution in [2.24, 2.45) is 35.5 Å². The lowest BCUT2D eigenvalue weighted by atomic mass is 9.82. The predicted molar refractivity (Wildman–Crippen MR) is 133 cm³/mol. The van der Waals surface area contributed by atoms with Gasteiger partial charge in [-0.05, 0) is 61.9 Å². The molecule has 2 rings (SSSR count). The number of nitrogens with zero attached hydrogens (tertiary/aromatic N) is 1. The van der Waals surface area contributed by atoms with E-state index in [-0.39, 0.29) is 29.7 Å².